The Morgan fingerprint density at radius 3 is 2.88 bits per heavy atom. The summed E-state index contributed by atoms with van der Waals surface area (Å²) >= 11 is 0. The minimum absolute atomic E-state index is 0.427. The van der Waals surface area contributed by atoms with E-state index in [1.807, 2.05) is 0 Å². The van der Waals surface area contributed by atoms with E-state index < -0.39 is 0 Å². The molecule has 3 heterocycles. The second kappa shape index (κ2) is 6.73. The molecule has 4 heteroatoms. The Labute approximate surface area is 143 Å². The average molecular weight is 320 g/mol. The summed E-state index contributed by atoms with van der Waals surface area (Å²) < 4.78 is 0. The number of hydrogen-bond donors (Lipinski definition) is 0. The Kier molecular flexibility index (Phi) is 4.30. The Bertz CT molecular complexity index is 726. The van der Waals surface area contributed by atoms with E-state index in [4.69, 9.17) is 0 Å². The van der Waals surface area contributed by atoms with Gasteiger partial charge in [-0.05, 0) is 25.5 Å². The van der Waals surface area contributed by atoms with Crippen molar-refractivity contribution in [3.05, 3.63) is 59.6 Å². The fourth-order valence-electron chi connectivity index (χ4n) is 3.75. The normalized spacial score (nSPS) is 21.4. The number of hydrogen-bond acceptors (Lipinski definition) is 4. The van der Waals surface area contributed by atoms with E-state index in [-0.39, 0.29) is 0 Å². The smallest absolute Gasteiger partial charge is 0.137 e. The molecule has 2 aliphatic heterocycles. The molecule has 0 saturated carbocycles. The van der Waals surface area contributed by atoms with E-state index in [1.165, 1.54) is 29.7 Å². The van der Waals surface area contributed by atoms with Gasteiger partial charge in [-0.1, -0.05) is 42.5 Å². The summed E-state index contributed by atoms with van der Waals surface area (Å²) in [7, 11) is 2.18. The maximum atomic E-state index is 4.67. The lowest BCUT2D eigenvalue weighted by Crippen LogP contribution is -2.34. The van der Waals surface area contributed by atoms with Gasteiger partial charge in [0, 0.05) is 37.7 Å². The summed E-state index contributed by atoms with van der Waals surface area (Å²) in [5, 5.41) is 0. The Morgan fingerprint density at radius 1 is 1.12 bits per heavy atom. The summed E-state index contributed by atoms with van der Waals surface area (Å²) in [6.45, 7) is 3.12. The quantitative estimate of drug-likeness (QED) is 0.870. The number of fused-ring (bicyclic) bond motifs is 1. The third-order valence-electron chi connectivity index (χ3n) is 5.05. The number of rotatable bonds is 3. The second-order valence-corrected chi connectivity index (χ2v) is 6.78. The van der Waals surface area contributed by atoms with Crippen LogP contribution in [-0.4, -0.2) is 41.0 Å². The number of anilines is 1. The van der Waals surface area contributed by atoms with Crippen molar-refractivity contribution in [3.8, 4) is 0 Å². The summed E-state index contributed by atoms with van der Waals surface area (Å²) in [4.78, 5) is 14.0. The first-order valence-corrected chi connectivity index (χ1v) is 8.82. The van der Waals surface area contributed by atoms with Crippen LogP contribution in [0.3, 0.4) is 0 Å². The van der Waals surface area contributed by atoms with Crippen molar-refractivity contribution < 1.29 is 0 Å². The second-order valence-electron chi connectivity index (χ2n) is 6.78. The zero-order valence-corrected chi connectivity index (χ0v) is 14.2. The summed E-state index contributed by atoms with van der Waals surface area (Å²) in [6, 6.07) is 11.0. The van der Waals surface area contributed by atoms with Crippen LogP contribution in [0.2, 0.25) is 0 Å². The molecule has 0 amide bonds. The largest absolute Gasteiger partial charge is 0.350 e. The molecule has 24 heavy (non-hydrogen) atoms. The number of benzene rings is 1. The van der Waals surface area contributed by atoms with Crippen molar-refractivity contribution in [1.29, 1.82) is 0 Å². The van der Waals surface area contributed by atoms with Gasteiger partial charge in [-0.2, -0.15) is 0 Å². The van der Waals surface area contributed by atoms with Gasteiger partial charge in [-0.15, -0.1) is 0 Å². The van der Waals surface area contributed by atoms with Crippen molar-refractivity contribution >= 4 is 11.9 Å². The first-order chi connectivity index (χ1) is 11.8. The molecule has 1 aromatic carbocycles. The van der Waals surface area contributed by atoms with Crippen LogP contribution >= 0.6 is 0 Å². The Hall–Kier alpha value is -2.20. The molecule has 1 atom stereocenters. The molecule has 0 unspecified atom stereocenters. The van der Waals surface area contributed by atoms with Gasteiger partial charge in [-0.3, -0.25) is 0 Å². The highest BCUT2D eigenvalue weighted by Crippen LogP contribution is 2.31. The molecule has 0 radical (unpaired) electrons. The van der Waals surface area contributed by atoms with Crippen LogP contribution in [0.1, 0.15) is 29.7 Å². The zero-order valence-electron chi connectivity index (χ0n) is 14.2. The lowest BCUT2D eigenvalue weighted by Gasteiger charge is -2.31. The molecule has 1 fully saturated rings. The van der Waals surface area contributed by atoms with E-state index >= 15 is 0 Å². The molecule has 2 aliphatic rings. The van der Waals surface area contributed by atoms with Crippen LogP contribution in [0, 0.1) is 0 Å². The number of likely N-dealkylation sites (N-methyl/N-ethyl adjacent to an activating group) is 1. The van der Waals surface area contributed by atoms with Crippen LogP contribution in [0.15, 0.2) is 42.7 Å². The van der Waals surface area contributed by atoms with Gasteiger partial charge in [-0.25, -0.2) is 9.97 Å². The van der Waals surface area contributed by atoms with E-state index in [0.717, 1.165) is 31.9 Å². The molecule has 0 aliphatic carbocycles. The number of nitrogens with zero attached hydrogens (tertiary/aromatic N) is 4. The van der Waals surface area contributed by atoms with E-state index in [0.29, 0.717) is 6.04 Å². The molecule has 0 bridgehead atoms. The SMILES string of the molecule is CN1CCc2ncnc(N3CCC[C@H]3/C=C/c3ccccc3)c2C1. The molecule has 124 valence electrons. The molecule has 4 rings (SSSR count). The van der Waals surface area contributed by atoms with E-state index in [1.54, 1.807) is 6.33 Å². The molecule has 1 aromatic heterocycles. The van der Waals surface area contributed by atoms with Crippen molar-refractivity contribution in [3.63, 3.8) is 0 Å². The summed E-state index contributed by atoms with van der Waals surface area (Å²) in [5.74, 6) is 1.15. The van der Waals surface area contributed by atoms with Gasteiger partial charge in [0.25, 0.3) is 0 Å². The maximum Gasteiger partial charge on any atom is 0.137 e. The molecule has 4 nitrogen and oxygen atoms in total. The minimum atomic E-state index is 0.427. The van der Waals surface area contributed by atoms with Gasteiger partial charge in [0.1, 0.15) is 12.1 Å². The number of aromatic nitrogens is 2. The van der Waals surface area contributed by atoms with Crippen LogP contribution in [0.5, 0.6) is 0 Å². The Balaban J connectivity index is 1.61. The molecular weight excluding hydrogens is 296 g/mol. The standard InChI is InChI=1S/C20H24N4/c1-23-13-11-19-18(14-23)20(22-15-21-19)24-12-5-8-17(24)10-9-16-6-3-2-4-7-16/h2-4,6-7,9-10,15,17H,5,8,11-14H2,1H3/b10-9+/t17-/m0/s1. The summed E-state index contributed by atoms with van der Waals surface area (Å²) in [5.41, 5.74) is 3.82. The molecule has 0 N–H and O–H groups in total. The fourth-order valence-corrected chi connectivity index (χ4v) is 3.75. The van der Waals surface area contributed by atoms with Gasteiger partial charge in [0.05, 0.1) is 5.69 Å². The predicted octanol–water partition coefficient (Wildman–Crippen LogP) is 3.15. The minimum Gasteiger partial charge on any atom is -0.350 e. The van der Waals surface area contributed by atoms with Gasteiger partial charge >= 0.3 is 0 Å². The lowest BCUT2D eigenvalue weighted by atomic mass is 10.1. The van der Waals surface area contributed by atoms with Crippen molar-refractivity contribution in [1.82, 2.24) is 14.9 Å². The maximum absolute atomic E-state index is 4.67. The van der Waals surface area contributed by atoms with Crippen molar-refractivity contribution in [2.24, 2.45) is 0 Å². The van der Waals surface area contributed by atoms with Gasteiger partial charge in [0.2, 0.25) is 0 Å². The zero-order chi connectivity index (χ0) is 16.4. The fraction of sp³-hybridized carbons (Fsp3) is 0.400. The molecule has 0 spiro atoms. The topological polar surface area (TPSA) is 32.3 Å². The summed E-state index contributed by atoms with van der Waals surface area (Å²) in [6.07, 6.45) is 9.76. The highest BCUT2D eigenvalue weighted by Gasteiger charge is 2.28. The van der Waals surface area contributed by atoms with Crippen LogP contribution in [0.4, 0.5) is 5.82 Å². The van der Waals surface area contributed by atoms with Gasteiger partial charge in [0.15, 0.2) is 0 Å². The van der Waals surface area contributed by atoms with Gasteiger partial charge < -0.3 is 9.80 Å². The first-order valence-electron chi connectivity index (χ1n) is 8.82. The molecular formula is C20H24N4. The van der Waals surface area contributed by atoms with E-state index in [2.05, 4.69) is 69.3 Å². The third-order valence-corrected chi connectivity index (χ3v) is 5.05. The van der Waals surface area contributed by atoms with Crippen LogP contribution in [-0.2, 0) is 13.0 Å². The van der Waals surface area contributed by atoms with Crippen LogP contribution < -0.4 is 4.90 Å². The first kappa shape index (κ1) is 15.3. The highest BCUT2D eigenvalue weighted by molar-refractivity contribution is 5.55. The van der Waals surface area contributed by atoms with Crippen LogP contribution in [0.25, 0.3) is 6.08 Å². The van der Waals surface area contributed by atoms with Crippen molar-refractivity contribution in [2.45, 2.75) is 31.8 Å². The average Bonchev–Trinajstić information content (AvgIpc) is 3.08. The van der Waals surface area contributed by atoms with Crippen molar-refractivity contribution in [2.75, 3.05) is 25.0 Å². The highest BCUT2D eigenvalue weighted by atomic mass is 15.2. The lowest BCUT2D eigenvalue weighted by molar-refractivity contribution is 0.309. The Morgan fingerprint density at radius 2 is 2.00 bits per heavy atom. The third kappa shape index (κ3) is 3.06. The predicted molar refractivity (Wildman–Crippen MR) is 97.9 cm³/mol. The molecule has 1 saturated heterocycles. The monoisotopic (exact) mass is 320 g/mol. The molecule has 2 aromatic rings. The van der Waals surface area contributed by atoms with E-state index in [9.17, 15) is 0 Å².